The fraction of sp³-hybridized carbons (Fsp3) is 0.133. The van der Waals surface area contributed by atoms with Crippen LogP contribution in [-0.2, 0) is 0 Å². The van der Waals surface area contributed by atoms with E-state index in [9.17, 15) is 0 Å². The van der Waals surface area contributed by atoms with E-state index in [0.29, 0.717) is 6.42 Å². The summed E-state index contributed by atoms with van der Waals surface area (Å²) in [7, 11) is 0. The van der Waals surface area contributed by atoms with E-state index in [2.05, 4.69) is 19.7 Å². The largest absolute Gasteiger partial charge is 0.198 e. The molecule has 1 aromatic rings. The SMILES string of the molecule is C=CC=C.C=Cc1ccccc1.CCC#N. The molecule has 0 heterocycles. The van der Waals surface area contributed by atoms with Crippen LogP contribution in [0.1, 0.15) is 18.9 Å². The molecule has 1 heteroatoms. The van der Waals surface area contributed by atoms with E-state index in [1.165, 1.54) is 5.56 Å². The first-order chi connectivity index (χ1) is 7.76. The van der Waals surface area contributed by atoms with Crippen molar-refractivity contribution in [2.24, 2.45) is 0 Å². The lowest BCUT2D eigenvalue weighted by molar-refractivity contribution is 1.22. The van der Waals surface area contributed by atoms with Gasteiger partial charge in [-0.1, -0.05) is 75.2 Å². The van der Waals surface area contributed by atoms with Crippen LogP contribution in [0.3, 0.4) is 0 Å². The second-order valence-corrected chi connectivity index (χ2v) is 2.60. The Kier molecular flexibility index (Phi) is 15.8. The number of nitriles is 1. The zero-order chi connectivity index (χ0) is 12.6. The average molecular weight is 213 g/mol. The monoisotopic (exact) mass is 213 g/mol. The molecule has 0 bridgehead atoms. The third-order valence-electron chi connectivity index (χ3n) is 1.36. The van der Waals surface area contributed by atoms with E-state index in [-0.39, 0.29) is 0 Å². The summed E-state index contributed by atoms with van der Waals surface area (Å²) in [6.45, 7) is 12.2. The highest BCUT2D eigenvalue weighted by molar-refractivity contribution is 5.45. The zero-order valence-electron chi connectivity index (χ0n) is 9.89. The Morgan fingerprint density at radius 2 is 1.56 bits per heavy atom. The van der Waals surface area contributed by atoms with Crippen molar-refractivity contribution >= 4 is 6.08 Å². The van der Waals surface area contributed by atoms with Gasteiger partial charge >= 0.3 is 0 Å². The minimum absolute atomic E-state index is 0.625. The van der Waals surface area contributed by atoms with Crippen molar-refractivity contribution in [1.82, 2.24) is 0 Å². The maximum absolute atomic E-state index is 7.62. The zero-order valence-corrected chi connectivity index (χ0v) is 9.89. The van der Waals surface area contributed by atoms with Gasteiger partial charge in [0.1, 0.15) is 0 Å². The second kappa shape index (κ2) is 15.4. The maximum atomic E-state index is 7.62. The van der Waals surface area contributed by atoms with Crippen molar-refractivity contribution in [3.05, 3.63) is 67.8 Å². The summed E-state index contributed by atoms with van der Waals surface area (Å²) in [5.74, 6) is 0. The topological polar surface area (TPSA) is 23.8 Å². The predicted octanol–water partition coefficient (Wildman–Crippen LogP) is 4.61. The van der Waals surface area contributed by atoms with Gasteiger partial charge in [-0.3, -0.25) is 0 Å². The molecule has 0 aliphatic carbocycles. The molecule has 1 nitrogen and oxygen atoms in total. The van der Waals surface area contributed by atoms with E-state index in [0.717, 1.165) is 0 Å². The number of benzene rings is 1. The van der Waals surface area contributed by atoms with Crippen LogP contribution in [0.5, 0.6) is 0 Å². The molecule has 0 saturated carbocycles. The maximum Gasteiger partial charge on any atom is 0.0618 e. The summed E-state index contributed by atoms with van der Waals surface area (Å²) in [6.07, 6.45) is 5.74. The van der Waals surface area contributed by atoms with Crippen molar-refractivity contribution in [2.45, 2.75) is 13.3 Å². The lowest BCUT2D eigenvalue weighted by atomic mass is 10.2. The molecule has 0 saturated heterocycles. The molecule has 1 aromatic carbocycles. The van der Waals surface area contributed by atoms with Crippen molar-refractivity contribution < 1.29 is 0 Å². The van der Waals surface area contributed by atoms with Gasteiger partial charge in [-0.2, -0.15) is 5.26 Å². The Balaban J connectivity index is 0. The van der Waals surface area contributed by atoms with Gasteiger partial charge in [-0.05, 0) is 5.56 Å². The van der Waals surface area contributed by atoms with Crippen molar-refractivity contribution in [3.8, 4) is 6.07 Å². The Morgan fingerprint density at radius 3 is 1.75 bits per heavy atom. The van der Waals surface area contributed by atoms with Gasteiger partial charge in [0, 0.05) is 6.42 Å². The fourth-order valence-corrected chi connectivity index (χ4v) is 0.589. The van der Waals surface area contributed by atoms with Crippen LogP contribution in [0.2, 0.25) is 0 Å². The molecule has 0 aliphatic heterocycles. The van der Waals surface area contributed by atoms with Gasteiger partial charge < -0.3 is 0 Å². The molecular formula is C15H19N. The molecule has 0 amide bonds. The van der Waals surface area contributed by atoms with Crippen molar-refractivity contribution in [2.75, 3.05) is 0 Å². The molecule has 0 unspecified atom stereocenters. The summed E-state index contributed by atoms with van der Waals surface area (Å²) in [4.78, 5) is 0. The van der Waals surface area contributed by atoms with Crippen molar-refractivity contribution in [3.63, 3.8) is 0 Å². The van der Waals surface area contributed by atoms with Gasteiger partial charge in [0.15, 0.2) is 0 Å². The Labute approximate surface area is 99.1 Å². The number of hydrogen-bond acceptors (Lipinski definition) is 1. The molecule has 0 spiro atoms. The third kappa shape index (κ3) is 14.5. The lowest BCUT2D eigenvalue weighted by Crippen LogP contribution is -1.63. The first-order valence-corrected chi connectivity index (χ1v) is 5.04. The quantitative estimate of drug-likeness (QED) is 0.658. The van der Waals surface area contributed by atoms with Gasteiger partial charge in [0.25, 0.3) is 0 Å². The average Bonchev–Trinajstić information content (AvgIpc) is 2.40. The highest BCUT2D eigenvalue weighted by Crippen LogP contribution is 1.97. The molecular weight excluding hydrogens is 194 g/mol. The number of hydrogen-bond donors (Lipinski definition) is 0. The number of allylic oxidation sites excluding steroid dienone is 2. The lowest BCUT2D eigenvalue weighted by Gasteiger charge is -1.85. The van der Waals surface area contributed by atoms with E-state index < -0.39 is 0 Å². The van der Waals surface area contributed by atoms with Crippen LogP contribution >= 0.6 is 0 Å². The van der Waals surface area contributed by atoms with Gasteiger partial charge in [-0.15, -0.1) is 0 Å². The van der Waals surface area contributed by atoms with Crippen LogP contribution in [0, 0.1) is 11.3 Å². The summed E-state index contributed by atoms with van der Waals surface area (Å²) in [6, 6.07) is 12.0. The van der Waals surface area contributed by atoms with Crippen LogP contribution in [0.25, 0.3) is 6.08 Å². The predicted molar refractivity (Wildman–Crippen MR) is 72.8 cm³/mol. The molecule has 0 aliphatic rings. The summed E-state index contributed by atoms with van der Waals surface area (Å²) in [5.41, 5.74) is 1.17. The first kappa shape index (κ1) is 16.4. The summed E-state index contributed by atoms with van der Waals surface area (Å²) >= 11 is 0. The van der Waals surface area contributed by atoms with E-state index in [1.54, 1.807) is 12.2 Å². The van der Waals surface area contributed by atoms with Crippen molar-refractivity contribution in [1.29, 1.82) is 5.26 Å². The highest BCUT2D eigenvalue weighted by Gasteiger charge is 1.75. The second-order valence-electron chi connectivity index (χ2n) is 2.60. The smallest absolute Gasteiger partial charge is 0.0618 e. The minimum atomic E-state index is 0.625. The normalized spacial score (nSPS) is 6.75. The van der Waals surface area contributed by atoms with E-state index in [1.807, 2.05) is 49.4 Å². The Morgan fingerprint density at radius 1 is 1.12 bits per heavy atom. The molecule has 0 atom stereocenters. The first-order valence-electron chi connectivity index (χ1n) is 5.04. The Hall–Kier alpha value is -2.07. The molecule has 84 valence electrons. The van der Waals surface area contributed by atoms with Crippen LogP contribution < -0.4 is 0 Å². The fourth-order valence-electron chi connectivity index (χ4n) is 0.589. The summed E-state index contributed by atoms with van der Waals surface area (Å²) in [5, 5.41) is 7.62. The van der Waals surface area contributed by atoms with Gasteiger partial charge in [0.05, 0.1) is 6.07 Å². The standard InChI is InChI=1S/C8H8.C4H6.C3H5N/c1-2-8-6-4-3-5-7-8;1-3-4-2;1-2-3-4/h2-7H,1H2;3-4H,1-2H2;2H2,1H3. The third-order valence-corrected chi connectivity index (χ3v) is 1.36. The summed E-state index contributed by atoms with van der Waals surface area (Å²) < 4.78 is 0. The molecule has 16 heavy (non-hydrogen) atoms. The number of nitrogens with zero attached hydrogens (tertiary/aromatic N) is 1. The molecule has 0 aromatic heterocycles. The van der Waals surface area contributed by atoms with Gasteiger partial charge in [0.2, 0.25) is 0 Å². The van der Waals surface area contributed by atoms with E-state index >= 15 is 0 Å². The molecule has 0 N–H and O–H groups in total. The Bertz CT molecular complexity index is 311. The van der Waals surface area contributed by atoms with Crippen LogP contribution in [-0.4, -0.2) is 0 Å². The van der Waals surface area contributed by atoms with Crippen LogP contribution in [0.15, 0.2) is 62.2 Å². The molecule has 1 rings (SSSR count). The minimum Gasteiger partial charge on any atom is -0.198 e. The number of rotatable bonds is 2. The molecule has 0 radical (unpaired) electrons. The van der Waals surface area contributed by atoms with E-state index in [4.69, 9.17) is 5.26 Å². The highest BCUT2D eigenvalue weighted by atomic mass is 14.2. The van der Waals surface area contributed by atoms with Gasteiger partial charge in [-0.25, -0.2) is 0 Å². The molecule has 0 fully saturated rings. The van der Waals surface area contributed by atoms with Crippen LogP contribution in [0.4, 0.5) is 0 Å².